The van der Waals surface area contributed by atoms with Crippen molar-refractivity contribution in [3.8, 4) is 0 Å². The van der Waals surface area contributed by atoms with Gasteiger partial charge in [-0.1, -0.05) is 0 Å². The molecule has 0 bridgehead atoms. The molecular weight excluding hydrogens is 155 g/mol. The molecule has 2 nitrogen and oxygen atoms in total. The molecule has 0 aromatic heterocycles. The van der Waals surface area contributed by atoms with Gasteiger partial charge in [0.1, 0.15) is 0 Å². The quantitative estimate of drug-likeness (QED) is 0.260. The van der Waals surface area contributed by atoms with E-state index in [1.54, 1.807) is 6.92 Å². The first kappa shape index (κ1) is 9.88. The molecule has 0 fully saturated rings. The third-order valence-corrected chi connectivity index (χ3v) is 0.256. The molecule has 0 aromatic rings. The van der Waals surface area contributed by atoms with Crippen LogP contribution in [0.4, 0.5) is 0 Å². The third-order valence-electron chi connectivity index (χ3n) is 0.256. The van der Waals surface area contributed by atoms with Crippen molar-refractivity contribution < 1.29 is 42.8 Å². The van der Waals surface area contributed by atoms with Gasteiger partial charge < -0.3 is 10.1 Å². The topological polar surface area (TPSA) is 34.2 Å². The average molecular weight is 162 g/mol. The van der Waals surface area contributed by atoms with E-state index in [9.17, 15) is 0 Å². The standard InChI is InChI=1S/C3H7NO.Y/c1-2-4-3-5;/h4-5H,3H2,1H3;. The summed E-state index contributed by atoms with van der Waals surface area (Å²) >= 11 is 0. The molecule has 0 atom stereocenters. The monoisotopic (exact) mass is 162 g/mol. The Morgan fingerprint density at radius 1 is 1.83 bits per heavy atom. The van der Waals surface area contributed by atoms with Crippen molar-refractivity contribution >= 4 is 6.21 Å². The van der Waals surface area contributed by atoms with Crippen LogP contribution in [0.25, 0.3) is 0 Å². The van der Waals surface area contributed by atoms with E-state index in [0.717, 1.165) is 0 Å². The van der Waals surface area contributed by atoms with Gasteiger partial charge in [-0.25, -0.2) is 6.21 Å². The zero-order valence-corrected chi connectivity index (χ0v) is 6.57. The molecule has 6 heavy (non-hydrogen) atoms. The minimum absolute atomic E-state index is 0. The molecule has 0 spiro atoms. The van der Waals surface area contributed by atoms with Crippen molar-refractivity contribution in [1.29, 1.82) is 0 Å². The van der Waals surface area contributed by atoms with Crippen LogP contribution in [0.5, 0.6) is 0 Å². The Kier molecular flexibility index (Phi) is 15.2. The molecule has 33 valence electrons. The van der Waals surface area contributed by atoms with Crippen LogP contribution in [0, 0.1) is 0 Å². The molecule has 0 heterocycles. The second-order valence-electron chi connectivity index (χ2n) is 0.585. The van der Waals surface area contributed by atoms with Gasteiger partial charge in [-0.2, -0.15) is 0 Å². The van der Waals surface area contributed by atoms with E-state index >= 15 is 0 Å². The smallest absolute Gasteiger partial charge is 0.212 e. The summed E-state index contributed by atoms with van der Waals surface area (Å²) in [6.45, 7) is 1.67. The van der Waals surface area contributed by atoms with Crippen LogP contribution in [0.3, 0.4) is 0 Å². The molecule has 0 amide bonds. The molecule has 0 rings (SSSR count). The fourth-order valence-electron chi connectivity index (χ4n) is 0.0791. The van der Waals surface area contributed by atoms with Crippen molar-refractivity contribution in [1.82, 2.24) is 0 Å². The van der Waals surface area contributed by atoms with Crippen molar-refractivity contribution in [2.75, 3.05) is 6.73 Å². The Bertz CT molecular complexity index is 37.8. The summed E-state index contributed by atoms with van der Waals surface area (Å²) in [6, 6.07) is 0. The predicted octanol–water partition coefficient (Wildman–Crippen LogP) is -2.02. The van der Waals surface area contributed by atoms with Crippen molar-refractivity contribution in [2.24, 2.45) is 0 Å². The first-order valence-corrected chi connectivity index (χ1v) is 1.42. The number of nitrogens with one attached hydrogen (secondary N) is 1. The summed E-state index contributed by atoms with van der Waals surface area (Å²) in [5, 5.41) is 7.89. The molecular formula is C3H7NOY. The number of hydrogen-bond donors (Lipinski definition) is 2. The van der Waals surface area contributed by atoms with Gasteiger partial charge in [0.15, 0.2) is 0 Å². The van der Waals surface area contributed by atoms with E-state index in [1.165, 1.54) is 0 Å². The fraction of sp³-hybridized carbons (Fsp3) is 0.667. The van der Waals surface area contributed by atoms with E-state index in [1.807, 2.05) is 0 Å². The first-order chi connectivity index (χ1) is 2.41. The van der Waals surface area contributed by atoms with Crippen LogP contribution >= 0.6 is 0 Å². The van der Waals surface area contributed by atoms with Gasteiger partial charge >= 0.3 is 0 Å². The number of aliphatic hydroxyl groups is 1. The van der Waals surface area contributed by atoms with Crippen LogP contribution < -0.4 is 4.99 Å². The minimum Gasteiger partial charge on any atom is -0.403 e. The Morgan fingerprint density at radius 2 is 2.33 bits per heavy atom. The van der Waals surface area contributed by atoms with E-state index in [0.29, 0.717) is 0 Å². The zero-order valence-electron chi connectivity index (χ0n) is 3.73. The Hall–Kier alpha value is 0.734. The Labute approximate surface area is 62.5 Å². The van der Waals surface area contributed by atoms with Gasteiger partial charge in [0.2, 0.25) is 6.73 Å². The molecule has 0 aromatic carbocycles. The van der Waals surface area contributed by atoms with Crippen LogP contribution in [-0.2, 0) is 32.7 Å². The first-order valence-electron chi connectivity index (χ1n) is 1.42. The summed E-state index contributed by atoms with van der Waals surface area (Å²) < 4.78 is 0. The van der Waals surface area contributed by atoms with Crippen molar-refractivity contribution in [2.45, 2.75) is 6.92 Å². The Balaban J connectivity index is 0. The van der Waals surface area contributed by atoms with Crippen LogP contribution in [0.2, 0.25) is 0 Å². The Morgan fingerprint density at radius 3 is 2.33 bits per heavy atom. The van der Waals surface area contributed by atoms with Crippen molar-refractivity contribution in [3.63, 3.8) is 0 Å². The zero-order chi connectivity index (χ0) is 4.12. The molecule has 0 aliphatic heterocycles. The second-order valence-corrected chi connectivity index (χ2v) is 0.585. The molecule has 1 radical (unpaired) electrons. The van der Waals surface area contributed by atoms with E-state index in [4.69, 9.17) is 5.11 Å². The van der Waals surface area contributed by atoms with Crippen LogP contribution in [0.1, 0.15) is 6.92 Å². The number of rotatable bonds is 1. The van der Waals surface area contributed by atoms with Crippen LogP contribution in [-0.4, -0.2) is 18.1 Å². The van der Waals surface area contributed by atoms with Gasteiger partial charge in [0.25, 0.3) is 0 Å². The van der Waals surface area contributed by atoms with Gasteiger partial charge in [0, 0.05) is 32.7 Å². The molecule has 0 saturated carbocycles. The minimum atomic E-state index is -0.0174. The summed E-state index contributed by atoms with van der Waals surface area (Å²) in [5.41, 5.74) is 0. The fourth-order valence-corrected chi connectivity index (χ4v) is 0.0791. The second kappa shape index (κ2) is 9.22. The summed E-state index contributed by atoms with van der Waals surface area (Å²) in [7, 11) is 0. The maximum absolute atomic E-state index is 7.89. The summed E-state index contributed by atoms with van der Waals surface area (Å²) in [5.74, 6) is 0. The number of hydrogen-bond acceptors (Lipinski definition) is 1. The molecule has 0 unspecified atom stereocenters. The molecule has 0 aliphatic rings. The average Bonchev–Trinajstić information content (AvgIpc) is 1.41. The maximum Gasteiger partial charge on any atom is 0.212 e. The summed E-state index contributed by atoms with van der Waals surface area (Å²) in [4.78, 5) is 2.42. The molecule has 2 N–H and O–H groups in total. The van der Waals surface area contributed by atoms with E-state index in [2.05, 4.69) is 11.2 Å². The SMILES string of the molecule is C[C-]=[NH+]CO.[Y]. The largest absolute Gasteiger partial charge is 0.403 e. The van der Waals surface area contributed by atoms with E-state index < -0.39 is 0 Å². The normalized spacial score (nSPS) is 8.33. The van der Waals surface area contributed by atoms with Crippen molar-refractivity contribution in [3.05, 3.63) is 0 Å². The van der Waals surface area contributed by atoms with E-state index in [-0.39, 0.29) is 39.4 Å². The molecule has 0 saturated heterocycles. The molecule has 3 heteroatoms. The van der Waals surface area contributed by atoms with Gasteiger partial charge in [0.05, 0.1) is 0 Å². The van der Waals surface area contributed by atoms with Gasteiger partial charge in [-0.05, 0) is 0 Å². The number of aliphatic hydroxyl groups excluding tert-OH is 1. The third kappa shape index (κ3) is 8.83. The predicted molar refractivity (Wildman–Crippen MR) is 18.7 cm³/mol. The van der Waals surface area contributed by atoms with Gasteiger partial charge in [-0.15, -0.1) is 6.92 Å². The van der Waals surface area contributed by atoms with Crippen LogP contribution in [0.15, 0.2) is 0 Å². The van der Waals surface area contributed by atoms with Gasteiger partial charge in [-0.3, -0.25) is 0 Å². The molecule has 0 aliphatic carbocycles. The maximum atomic E-state index is 7.89. The summed E-state index contributed by atoms with van der Waals surface area (Å²) in [6.07, 6.45) is 2.52.